The molecule has 1 aliphatic carbocycles. The van der Waals surface area contributed by atoms with E-state index in [1.165, 1.54) is 45.2 Å². The summed E-state index contributed by atoms with van der Waals surface area (Å²) >= 11 is 0. The third-order valence-corrected chi connectivity index (χ3v) is 3.67. The van der Waals surface area contributed by atoms with E-state index in [-0.39, 0.29) is 0 Å². The Morgan fingerprint density at radius 1 is 1.15 bits per heavy atom. The van der Waals surface area contributed by atoms with E-state index in [2.05, 4.69) is 5.32 Å². The van der Waals surface area contributed by atoms with Crippen LogP contribution >= 0.6 is 0 Å². The van der Waals surface area contributed by atoms with Crippen molar-refractivity contribution in [3.8, 4) is 0 Å². The Bertz CT molecular complexity index is 156. The molecule has 0 spiro atoms. The van der Waals surface area contributed by atoms with Crippen LogP contribution in [0.3, 0.4) is 0 Å². The molecule has 0 aromatic rings. The predicted molar refractivity (Wildman–Crippen MR) is 53.7 cm³/mol. The van der Waals surface area contributed by atoms with Crippen molar-refractivity contribution in [3.63, 3.8) is 0 Å². The molecule has 0 amide bonds. The zero-order valence-corrected chi connectivity index (χ0v) is 8.59. The highest BCUT2D eigenvalue weighted by atomic mass is 16.5. The van der Waals surface area contributed by atoms with E-state index in [0.717, 1.165) is 11.8 Å². The Morgan fingerprint density at radius 2 is 2.00 bits per heavy atom. The van der Waals surface area contributed by atoms with Gasteiger partial charge in [-0.2, -0.15) is 0 Å². The standard InChI is InChI=1S/C11H21NO/c1-13-11-6-9-4-2-3-5-10(11)8-12-7-9/h9-12H,2-8H2,1H3. The van der Waals surface area contributed by atoms with E-state index in [4.69, 9.17) is 4.74 Å². The second-order valence-corrected chi connectivity index (χ2v) is 4.58. The molecular formula is C11H21NO. The summed E-state index contributed by atoms with van der Waals surface area (Å²) in [6.45, 7) is 2.39. The average Bonchev–Trinajstić information content (AvgIpc) is 2.22. The van der Waals surface area contributed by atoms with E-state index >= 15 is 0 Å². The van der Waals surface area contributed by atoms with Crippen molar-refractivity contribution in [1.29, 1.82) is 0 Å². The highest BCUT2D eigenvalue weighted by Crippen LogP contribution is 2.29. The molecule has 1 saturated carbocycles. The van der Waals surface area contributed by atoms with Gasteiger partial charge in [0, 0.05) is 13.7 Å². The van der Waals surface area contributed by atoms with Crippen molar-refractivity contribution in [1.82, 2.24) is 5.32 Å². The normalized spacial score (nSPS) is 40.8. The van der Waals surface area contributed by atoms with Gasteiger partial charge in [-0.25, -0.2) is 0 Å². The molecule has 13 heavy (non-hydrogen) atoms. The second-order valence-electron chi connectivity index (χ2n) is 4.58. The van der Waals surface area contributed by atoms with E-state index in [1.54, 1.807) is 0 Å². The van der Waals surface area contributed by atoms with Crippen LogP contribution in [-0.4, -0.2) is 26.3 Å². The predicted octanol–water partition coefficient (Wildman–Crippen LogP) is 1.80. The van der Waals surface area contributed by atoms with Crippen molar-refractivity contribution >= 4 is 0 Å². The van der Waals surface area contributed by atoms with Gasteiger partial charge in [0.05, 0.1) is 6.10 Å². The van der Waals surface area contributed by atoms with E-state index in [9.17, 15) is 0 Å². The molecule has 0 aromatic carbocycles. The molecule has 1 heterocycles. The Hall–Kier alpha value is -0.0800. The number of fused-ring (bicyclic) bond motifs is 3. The lowest BCUT2D eigenvalue weighted by atomic mass is 9.85. The molecule has 1 aliphatic heterocycles. The number of hydrogen-bond acceptors (Lipinski definition) is 2. The lowest BCUT2D eigenvalue weighted by Gasteiger charge is -2.27. The molecule has 76 valence electrons. The van der Waals surface area contributed by atoms with Crippen LogP contribution in [0.15, 0.2) is 0 Å². The summed E-state index contributed by atoms with van der Waals surface area (Å²) in [5.41, 5.74) is 0. The van der Waals surface area contributed by atoms with Crippen molar-refractivity contribution in [2.45, 2.75) is 38.2 Å². The Labute approximate surface area is 81.0 Å². The first kappa shape index (κ1) is 9.47. The first-order chi connectivity index (χ1) is 6.40. The lowest BCUT2D eigenvalue weighted by molar-refractivity contribution is 0.0330. The highest BCUT2D eigenvalue weighted by molar-refractivity contribution is 4.83. The Balaban J connectivity index is 2.05. The van der Waals surface area contributed by atoms with Crippen LogP contribution in [-0.2, 0) is 4.74 Å². The van der Waals surface area contributed by atoms with E-state index in [0.29, 0.717) is 6.10 Å². The largest absolute Gasteiger partial charge is 0.381 e. The topological polar surface area (TPSA) is 21.3 Å². The van der Waals surface area contributed by atoms with E-state index < -0.39 is 0 Å². The second kappa shape index (κ2) is 4.43. The fourth-order valence-electron chi connectivity index (χ4n) is 2.84. The van der Waals surface area contributed by atoms with Gasteiger partial charge in [-0.1, -0.05) is 12.8 Å². The van der Waals surface area contributed by atoms with Crippen LogP contribution in [0.5, 0.6) is 0 Å². The number of rotatable bonds is 1. The van der Waals surface area contributed by atoms with Gasteiger partial charge in [-0.3, -0.25) is 0 Å². The third kappa shape index (κ3) is 2.23. The maximum Gasteiger partial charge on any atom is 0.0614 e. The van der Waals surface area contributed by atoms with Gasteiger partial charge < -0.3 is 10.1 Å². The van der Waals surface area contributed by atoms with Gasteiger partial charge in [0.15, 0.2) is 0 Å². The summed E-state index contributed by atoms with van der Waals surface area (Å²) in [7, 11) is 1.88. The summed E-state index contributed by atoms with van der Waals surface area (Å²) < 4.78 is 5.60. The van der Waals surface area contributed by atoms with Crippen molar-refractivity contribution in [2.75, 3.05) is 20.2 Å². The quantitative estimate of drug-likeness (QED) is 0.669. The van der Waals surface area contributed by atoms with Crippen molar-refractivity contribution in [3.05, 3.63) is 0 Å². The minimum absolute atomic E-state index is 0.528. The van der Waals surface area contributed by atoms with Gasteiger partial charge in [0.25, 0.3) is 0 Å². The van der Waals surface area contributed by atoms with E-state index in [1.807, 2.05) is 7.11 Å². The fraction of sp³-hybridized carbons (Fsp3) is 1.00. The molecule has 2 heteroatoms. The molecule has 3 atom stereocenters. The van der Waals surface area contributed by atoms with Crippen molar-refractivity contribution in [2.24, 2.45) is 11.8 Å². The first-order valence-corrected chi connectivity index (χ1v) is 5.63. The van der Waals surface area contributed by atoms with Crippen LogP contribution in [0.1, 0.15) is 32.1 Å². The smallest absolute Gasteiger partial charge is 0.0614 e. The third-order valence-electron chi connectivity index (χ3n) is 3.67. The summed E-state index contributed by atoms with van der Waals surface area (Å²) in [6, 6.07) is 0. The first-order valence-electron chi connectivity index (χ1n) is 5.63. The number of hydrogen-bond donors (Lipinski definition) is 1. The average molecular weight is 183 g/mol. The maximum atomic E-state index is 5.60. The zero-order chi connectivity index (χ0) is 9.10. The van der Waals surface area contributed by atoms with Crippen molar-refractivity contribution < 1.29 is 4.74 Å². The number of methoxy groups -OCH3 is 1. The highest BCUT2D eigenvalue weighted by Gasteiger charge is 2.29. The SMILES string of the molecule is COC1CC2CCCCC1CNC2. The fourth-order valence-corrected chi connectivity index (χ4v) is 2.84. The minimum Gasteiger partial charge on any atom is -0.381 e. The zero-order valence-electron chi connectivity index (χ0n) is 8.59. The van der Waals surface area contributed by atoms with Gasteiger partial charge in [0.2, 0.25) is 0 Å². The summed E-state index contributed by atoms with van der Waals surface area (Å²) in [5.74, 6) is 1.64. The lowest BCUT2D eigenvalue weighted by Crippen LogP contribution is -2.29. The minimum atomic E-state index is 0.528. The summed E-state index contributed by atoms with van der Waals surface area (Å²) in [5, 5.41) is 3.57. The summed E-state index contributed by atoms with van der Waals surface area (Å²) in [4.78, 5) is 0. The number of nitrogens with one attached hydrogen (secondary N) is 1. The molecule has 1 saturated heterocycles. The number of ether oxygens (including phenoxy) is 1. The van der Waals surface area contributed by atoms with Gasteiger partial charge in [0.1, 0.15) is 0 Å². The van der Waals surface area contributed by atoms with Crippen LogP contribution in [0.2, 0.25) is 0 Å². The molecule has 2 rings (SSSR count). The monoisotopic (exact) mass is 183 g/mol. The van der Waals surface area contributed by atoms with Crippen LogP contribution < -0.4 is 5.32 Å². The molecule has 0 aromatic heterocycles. The molecule has 2 fully saturated rings. The molecule has 2 bridgehead atoms. The molecule has 2 aliphatic rings. The molecule has 3 unspecified atom stereocenters. The molecule has 1 N–H and O–H groups in total. The van der Waals surface area contributed by atoms with Crippen LogP contribution in [0.4, 0.5) is 0 Å². The maximum absolute atomic E-state index is 5.60. The molecule has 2 nitrogen and oxygen atoms in total. The van der Waals surface area contributed by atoms with Crippen LogP contribution in [0, 0.1) is 11.8 Å². The Kier molecular flexibility index (Phi) is 3.23. The van der Waals surface area contributed by atoms with Gasteiger partial charge in [-0.05, 0) is 37.6 Å². The van der Waals surface area contributed by atoms with Gasteiger partial charge in [-0.15, -0.1) is 0 Å². The van der Waals surface area contributed by atoms with Gasteiger partial charge >= 0.3 is 0 Å². The Morgan fingerprint density at radius 3 is 2.85 bits per heavy atom. The molecular weight excluding hydrogens is 162 g/mol. The summed E-state index contributed by atoms with van der Waals surface area (Å²) in [6.07, 6.45) is 7.41. The van der Waals surface area contributed by atoms with Crippen LogP contribution in [0.25, 0.3) is 0 Å². The molecule has 0 radical (unpaired) electrons.